The van der Waals surface area contributed by atoms with Crippen LogP contribution >= 0.6 is 0 Å². The predicted molar refractivity (Wildman–Crippen MR) is 497 cm³/mol. The van der Waals surface area contributed by atoms with Crippen molar-refractivity contribution in [2.24, 2.45) is 23.7 Å². The molecule has 10 aromatic rings. The molecule has 628 valence electrons. The van der Waals surface area contributed by atoms with Crippen LogP contribution in [0, 0.1) is 107 Å². The van der Waals surface area contributed by atoms with Crippen molar-refractivity contribution in [2.45, 2.75) is 265 Å². The SMILES string of the molecule is CCCCC(CC)COc1cc(C)c(-c2ccc(N(c3ccc(C4C(O)[C@H](c5ccc(N(c6ccc(-c7c(C)cc(OCC(CC)CCCC)cc7C)cc6C)c6ccc(-c7c(C)cc(OCC(CC)CCCC)cc7C)cc6C)cc5O)[C@@H]4O)c(O)c3)c3ccc(-c4c(C)cc(OCC(CC)CCCC)cc4C)cc3C)c(C)c2)c(C)c1. The summed E-state index contributed by atoms with van der Waals surface area (Å²) in [6.07, 6.45) is 16.3. The van der Waals surface area contributed by atoms with Crippen LogP contribution in [-0.2, 0) is 0 Å². The van der Waals surface area contributed by atoms with Gasteiger partial charge in [-0.05, 0) is 353 Å². The molecule has 1 fully saturated rings. The Hall–Kier alpha value is -9.48. The van der Waals surface area contributed by atoms with Crippen molar-refractivity contribution >= 4 is 34.1 Å². The maximum Gasteiger partial charge on any atom is 0.121 e. The van der Waals surface area contributed by atoms with Crippen LogP contribution in [0.2, 0.25) is 0 Å². The Balaban J connectivity index is 0.914. The summed E-state index contributed by atoms with van der Waals surface area (Å²) in [4.78, 5) is 4.43. The van der Waals surface area contributed by atoms with E-state index in [9.17, 15) is 20.4 Å². The second kappa shape index (κ2) is 41.0. The highest BCUT2D eigenvalue weighted by Gasteiger charge is 2.52. The van der Waals surface area contributed by atoms with Gasteiger partial charge in [0, 0.05) is 69.2 Å². The van der Waals surface area contributed by atoms with E-state index in [-0.39, 0.29) is 11.5 Å². The molecule has 118 heavy (non-hydrogen) atoms. The minimum absolute atomic E-state index is 0.0526. The van der Waals surface area contributed by atoms with Crippen LogP contribution in [0.5, 0.6) is 34.5 Å². The Morgan fingerprint density at radius 2 is 0.500 bits per heavy atom. The number of aryl methyl sites for hydroxylation is 12. The fourth-order valence-corrected chi connectivity index (χ4v) is 18.7. The highest BCUT2D eigenvalue weighted by atomic mass is 16.5. The van der Waals surface area contributed by atoms with Gasteiger partial charge in [0.15, 0.2) is 0 Å². The van der Waals surface area contributed by atoms with Gasteiger partial charge in [0.2, 0.25) is 0 Å². The Morgan fingerprint density at radius 1 is 0.280 bits per heavy atom. The summed E-state index contributed by atoms with van der Waals surface area (Å²) in [6, 6.07) is 55.2. The zero-order chi connectivity index (χ0) is 84.8. The molecule has 0 bridgehead atoms. The number of phenols is 2. The molecular weight excluding hydrogens is 1450 g/mol. The Bertz CT molecular complexity index is 4410. The van der Waals surface area contributed by atoms with Gasteiger partial charge in [-0.1, -0.05) is 169 Å². The number of hydrogen-bond donors (Lipinski definition) is 4. The number of aliphatic hydroxyl groups excluding tert-OH is 2. The van der Waals surface area contributed by atoms with Gasteiger partial charge in [0.05, 0.1) is 38.6 Å². The molecule has 4 N–H and O–H groups in total. The fourth-order valence-electron chi connectivity index (χ4n) is 18.7. The lowest BCUT2D eigenvalue weighted by Crippen LogP contribution is -2.51. The van der Waals surface area contributed by atoms with E-state index in [1.54, 1.807) is 12.1 Å². The van der Waals surface area contributed by atoms with Crippen LogP contribution in [0.1, 0.15) is 248 Å². The lowest BCUT2D eigenvalue weighted by atomic mass is 9.63. The second-order valence-corrected chi connectivity index (χ2v) is 34.8. The quantitative estimate of drug-likeness (QED) is 0.0295. The minimum Gasteiger partial charge on any atom is -0.508 e. The highest BCUT2D eigenvalue weighted by Crippen LogP contribution is 2.55. The van der Waals surface area contributed by atoms with Crippen LogP contribution in [0.25, 0.3) is 44.5 Å². The molecule has 0 aromatic heterocycles. The van der Waals surface area contributed by atoms with Crippen LogP contribution in [0.3, 0.4) is 0 Å². The van der Waals surface area contributed by atoms with E-state index in [1.165, 1.54) is 99.3 Å². The molecule has 10 heteroatoms. The summed E-state index contributed by atoms with van der Waals surface area (Å²) in [5, 5.41) is 50.1. The molecular formula is C108H138N2O8. The number of nitrogens with zero attached hydrogens (tertiary/aromatic N) is 2. The summed E-state index contributed by atoms with van der Waals surface area (Å²) in [5.41, 5.74) is 28.4. The lowest BCUT2D eigenvalue weighted by Gasteiger charge is -2.47. The Kier molecular flexibility index (Phi) is 31.0. The fraction of sp³-hybridized carbons (Fsp3) is 0.444. The summed E-state index contributed by atoms with van der Waals surface area (Å²) in [7, 11) is 0. The van der Waals surface area contributed by atoms with Crippen LogP contribution < -0.4 is 28.7 Å². The van der Waals surface area contributed by atoms with E-state index in [0.29, 0.717) is 72.6 Å². The molecule has 1 saturated carbocycles. The van der Waals surface area contributed by atoms with E-state index in [0.717, 1.165) is 160 Å². The molecule has 0 radical (unpaired) electrons. The number of aliphatic hydroxyl groups is 2. The number of rotatable bonds is 40. The van der Waals surface area contributed by atoms with Gasteiger partial charge in [0.1, 0.15) is 34.5 Å². The molecule has 10 aromatic carbocycles. The van der Waals surface area contributed by atoms with Gasteiger partial charge in [-0.3, -0.25) is 0 Å². The zero-order valence-electron chi connectivity index (χ0n) is 75.1. The number of ether oxygens (including phenoxy) is 4. The Morgan fingerprint density at radius 3 is 0.686 bits per heavy atom. The molecule has 4 atom stereocenters. The molecule has 0 saturated heterocycles. The predicted octanol–water partition coefficient (Wildman–Crippen LogP) is 29.4. The maximum absolute atomic E-state index is 12.5. The minimum atomic E-state index is -1.15. The van der Waals surface area contributed by atoms with Crippen LogP contribution in [0.15, 0.2) is 158 Å². The molecule has 1 aliphatic rings. The summed E-state index contributed by atoms with van der Waals surface area (Å²) < 4.78 is 26.0. The number of aromatic hydroxyl groups is 2. The smallest absolute Gasteiger partial charge is 0.121 e. The molecule has 0 amide bonds. The molecule has 4 unspecified atom stereocenters. The molecule has 0 spiro atoms. The molecule has 10 nitrogen and oxygen atoms in total. The molecule has 11 rings (SSSR count). The third-order valence-electron chi connectivity index (χ3n) is 25.8. The number of hydrogen-bond acceptors (Lipinski definition) is 10. The third kappa shape index (κ3) is 20.5. The van der Waals surface area contributed by atoms with Gasteiger partial charge >= 0.3 is 0 Å². The summed E-state index contributed by atoms with van der Waals surface area (Å²) in [5.74, 6) is 3.91. The number of phenolic OH excluding ortho intramolecular Hbond substituents is 2. The monoisotopic (exact) mass is 1590 g/mol. The highest BCUT2D eigenvalue weighted by molar-refractivity contribution is 5.88. The average Bonchev–Trinajstić information content (AvgIpc) is 0.734. The van der Waals surface area contributed by atoms with E-state index in [2.05, 4.69) is 270 Å². The first kappa shape index (κ1) is 89.3. The summed E-state index contributed by atoms with van der Waals surface area (Å²) >= 11 is 0. The first-order chi connectivity index (χ1) is 56.8. The van der Waals surface area contributed by atoms with Crippen molar-refractivity contribution in [3.63, 3.8) is 0 Å². The van der Waals surface area contributed by atoms with E-state index in [1.807, 2.05) is 24.3 Å². The standard InChI is InChI=1S/C108H138N2O8/c1-21-29-33-79(25-5)63-115-89-53-71(13)101(72(14)54-89)83-37-45-95(67(9)49-83)109(96-46-38-84(50-68(96)10)102-73(15)55-90(56-74(102)16)116-64-80(26-6)34-30-22-2)87-41-43-93(99(111)61-87)105-107(113)106(108(105)114)94-44-42-88(62-100(94)112)110(97-47-39-85(51-69(97)11)103-75(17)57-91(58-76(103)18)117-65-81(27-7)35-31-23-3)98-48-40-86(52-70(98)12)104-77(19)59-92(60-78(104)20)118-66-82(28-8)36-32-24-4/h37-62,79-82,105-108,111-114H,21-36,63-66H2,1-20H3/t79?,80?,81?,82?,105-,106?,107+,108?/m1/s1. The first-order valence-corrected chi connectivity index (χ1v) is 44.8. The maximum atomic E-state index is 12.5. The van der Waals surface area contributed by atoms with E-state index in [4.69, 9.17) is 18.9 Å². The van der Waals surface area contributed by atoms with Crippen molar-refractivity contribution in [3.05, 3.63) is 236 Å². The van der Waals surface area contributed by atoms with Crippen molar-refractivity contribution in [1.29, 1.82) is 0 Å². The van der Waals surface area contributed by atoms with E-state index >= 15 is 0 Å². The van der Waals surface area contributed by atoms with Crippen molar-refractivity contribution in [1.82, 2.24) is 0 Å². The zero-order valence-corrected chi connectivity index (χ0v) is 75.1. The van der Waals surface area contributed by atoms with Gasteiger partial charge < -0.3 is 49.2 Å². The second-order valence-electron chi connectivity index (χ2n) is 34.8. The van der Waals surface area contributed by atoms with Crippen LogP contribution in [-0.4, -0.2) is 59.1 Å². The van der Waals surface area contributed by atoms with Gasteiger partial charge in [-0.2, -0.15) is 0 Å². The number of anilines is 6. The molecule has 0 aliphatic heterocycles. The molecule has 1 aliphatic carbocycles. The Labute approximate surface area is 709 Å². The van der Waals surface area contributed by atoms with E-state index < -0.39 is 24.0 Å². The van der Waals surface area contributed by atoms with Crippen molar-refractivity contribution in [3.8, 4) is 79.0 Å². The van der Waals surface area contributed by atoms with Crippen LogP contribution in [0.4, 0.5) is 34.1 Å². The average molecular weight is 1590 g/mol. The number of unbranched alkanes of at least 4 members (excludes halogenated alkanes) is 4. The van der Waals surface area contributed by atoms with Gasteiger partial charge in [-0.15, -0.1) is 0 Å². The third-order valence-corrected chi connectivity index (χ3v) is 25.8. The van der Waals surface area contributed by atoms with Gasteiger partial charge in [-0.25, -0.2) is 0 Å². The largest absolute Gasteiger partial charge is 0.508 e. The lowest BCUT2D eigenvalue weighted by molar-refractivity contribution is -0.0797. The topological polar surface area (TPSA) is 124 Å². The first-order valence-electron chi connectivity index (χ1n) is 44.8. The van der Waals surface area contributed by atoms with Crippen molar-refractivity contribution < 1.29 is 39.4 Å². The van der Waals surface area contributed by atoms with Gasteiger partial charge in [0.25, 0.3) is 0 Å². The summed E-state index contributed by atoms with van der Waals surface area (Å²) in [6.45, 7) is 46.9. The molecule has 0 heterocycles. The number of benzene rings is 10. The van der Waals surface area contributed by atoms with Crippen molar-refractivity contribution in [2.75, 3.05) is 36.2 Å². The normalized spacial score (nSPS) is 15.6.